The highest BCUT2D eigenvalue weighted by molar-refractivity contribution is 6.30. The first kappa shape index (κ1) is 18.4. The summed E-state index contributed by atoms with van der Waals surface area (Å²) in [5.74, 6) is -0.614. The minimum atomic E-state index is -1.02. The third-order valence-electron chi connectivity index (χ3n) is 2.66. The first-order chi connectivity index (χ1) is 10.4. The van der Waals surface area contributed by atoms with Crippen molar-refractivity contribution >= 4 is 17.6 Å². The zero-order valence-electron chi connectivity index (χ0n) is 12.4. The molecule has 0 bridgehead atoms. The maximum Gasteiger partial charge on any atom is 0.314 e. The molecule has 122 valence electrons. The summed E-state index contributed by atoms with van der Waals surface area (Å²) in [6, 6.07) is 3.56. The Morgan fingerprint density at radius 3 is 2.86 bits per heavy atom. The van der Waals surface area contributed by atoms with E-state index in [9.17, 15) is 14.3 Å². The number of hydrogen-bond acceptors (Lipinski definition) is 3. The minimum Gasteiger partial charge on any atom is -0.387 e. The van der Waals surface area contributed by atoms with Gasteiger partial charge in [-0.2, -0.15) is 0 Å². The van der Waals surface area contributed by atoms with Crippen molar-refractivity contribution in [2.45, 2.75) is 13.0 Å². The lowest BCUT2D eigenvalue weighted by Crippen LogP contribution is -2.39. The van der Waals surface area contributed by atoms with Crippen molar-refractivity contribution in [2.75, 3.05) is 26.3 Å². The summed E-state index contributed by atoms with van der Waals surface area (Å²) < 4.78 is 18.5. The van der Waals surface area contributed by atoms with Gasteiger partial charge in [-0.1, -0.05) is 29.8 Å². The largest absolute Gasteiger partial charge is 0.387 e. The zero-order chi connectivity index (χ0) is 16.5. The van der Waals surface area contributed by atoms with Crippen LogP contribution in [0.2, 0.25) is 5.02 Å². The van der Waals surface area contributed by atoms with E-state index in [1.54, 1.807) is 0 Å². The lowest BCUT2D eigenvalue weighted by molar-refractivity contribution is 0.155. The number of aliphatic hydroxyl groups excluding tert-OH is 1. The quantitative estimate of drug-likeness (QED) is 0.506. The van der Waals surface area contributed by atoms with Gasteiger partial charge < -0.3 is 20.5 Å². The van der Waals surface area contributed by atoms with E-state index in [0.29, 0.717) is 25.3 Å². The third kappa shape index (κ3) is 6.89. The maximum absolute atomic E-state index is 13.3. The predicted octanol–water partition coefficient (Wildman–Crippen LogP) is 2.40. The van der Waals surface area contributed by atoms with E-state index in [4.69, 9.17) is 16.3 Å². The molecular weight excluding hydrogens is 311 g/mol. The highest BCUT2D eigenvalue weighted by Gasteiger charge is 2.11. The first-order valence-corrected chi connectivity index (χ1v) is 7.14. The van der Waals surface area contributed by atoms with Crippen molar-refractivity contribution in [1.82, 2.24) is 10.6 Å². The highest BCUT2D eigenvalue weighted by atomic mass is 35.5. The zero-order valence-corrected chi connectivity index (χ0v) is 13.1. The monoisotopic (exact) mass is 330 g/mol. The number of nitrogens with one attached hydrogen (secondary N) is 2. The molecule has 1 unspecified atom stereocenters. The average Bonchev–Trinajstić information content (AvgIpc) is 2.47. The number of amides is 2. The maximum atomic E-state index is 13.3. The van der Waals surface area contributed by atoms with Crippen molar-refractivity contribution in [3.63, 3.8) is 0 Å². The van der Waals surface area contributed by atoms with Crippen molar-refractivity contribution in [1.29, 1.82) is 0 Å². The van der Waals surface area contributed by atoms with Crippen LogP contribution in [0.4, 0.5) is 9.18 Å². The van der Waals surface area contributed by atoms with E-state index < -0.39 is 18.0 Å². The summed E-state index contributed by atoms with van der Waals surface area (Å²) in [6.45, 7) is 6.65. The second-order valence-corrected chi connectivity index (χ2v) is 5.24. The van der Waals surface area contributed by atoms with Gasteiger partial charge in [0.15, 0.2) is 0 Å². The lowest BCUT2D eigenvalue weighted by Gasteiger charge is -2.13. The molecule has 1 aromatic rings. The summed E-state index contributed by atoms with van der Waals surface area (Å²) in [7, 11) is 0. The molecule has 1 aromatic carbocycles. The van der Waals surface area contributed by atoms with E-state index in [0.717, 1.165) is 11.6 Å². The number of halogens is 2. The van der Waals surface area contributed by atoms with Gasteiger partial charge in [0.25, 0.3) is 0 Å². The molecule has 3 N–H and O–H groups in total. The Morgan fingerprint density at radius 2 is 2.23 bits per heavy atom. The summed E-state index contributed by atoms with van der Waals surface area (Å²) in [6.07, 6.45) is -1.02. The van der Waals surface area contributed by atoms with Gasteiger partial charge in [-0.25, -0.2) is 9.18 Å². The Morgan fingerprint density at radius 1 is 1.50 bits per heavy atom. The van der Waals surface area contributed by atoms with E-state index in [-0.39, 0.29) is 11.6 Å². The number of urea groups is 1. The molecule has 0 aliphatic rings. The van der Waals surface area contributed by atoms with Gasteiger partial charge in [-0.05, 0) is 24.6 Å². The molecule has 22 heavy (non-hydrogen) atoms. The second kappa shape index (κ2) is 9.40. The molecule has 1 rings (SSSR count). The summed E-state index contributed by atoms with van der Waals surface area (Å²) >= 11 is 5.56. The van der Waals surface area contributed by atoms with Crippen LogP contribution in [0.5, 0.6) is 0 Å². The molecule has 1 atom stereocenters. The Bertz CT molecular complexity index is 526. The van der Waals surface area contributed by atoms with Crippen LogP contribution < -0.4 is 10.6 Å². The molecule has 0 radical (unpaired) electrons. The summed E-state index contributed by atoms with van der Waals surface area (Å²) in [5.41, 5.74) is 1.25. The van der Waals surface area contributed by atoms with Gasteiger partial charge in [0.2, 0.25) is 0 Å². The molecule has 7 heteroatoms. The number of carbonyl (C=O) groups excluding carboxylic acids is 1. The molecular formula is C15H20ClFN2O3. The molecule has 0 spiro atoms. The topological polar surface area (TPSA) is 70.6 Å². The van der Waals surface area contributed by atoms with Crippen LogP contribution in [-0.2, 0) is 4.74 Å². The van der Waals surface area contributed by atoms with Gasteiger partial charge in [-0.15, -0.1) is 0 Å². The van der Waals surface area contributed by atoms with Gasteiger partial charge in [0.05, 0.1) is 24.3 Å². The number of rotatable bonds is 8. The summed E-state index contributed by atoms with van der Waals surface area (Å²) in [5, 5.41) is 14.9. The van der Waals surface area contributed by atoms with Crippen LogP contribution in [0.3, 0.4) is 0 Å². The number of benzene rings is 1. The van der Waals surface area contributed by atoms with E-state index >= 15 is 0 Å². The lowest BCUT2D eigenvalue weighted by atomic mass is 10.1. The molecule has 0 aliphatic carbocycles. The Kier molecular flexibility index (Phi) is 7.87. The fourth-order valence-electron chi connectivity index (χ4n) is 1.57. The molecule has 0 saturated carbocycles. The Balaban J connectivity index is 2.25. The van der Waals surface area contributed by atoms with E-state index in [1.165, 1.54) is 12.1 Å². The SMILES string of the molecule is C=C(C)COCCNC(=O)NCC(O)c1ccc(Cl)c(F)c1. The van der Waals surface area contributed by atoms with Gasteiger partial charge in [-0.3, -0.25) is 0 Å². The second-order valence-electron chi connectivity index (χ2n) is 4.84. The van der Waals surface area contributed by atoms with Crippen LogP contribution in [0.25, 0.3) is 0 Å². The highest BCUT2D eigenvalue weighted by Crippen LogP contribution is 2.19. The third-order valence-corrected chi connectivity index (χ3v) is 2.97. The average molecular weight is 331 g/mol. The number of carbonyl (C=O) groups is 1. The molecule has 2 amide bonds. The number of aliphatic hydroxyl groups is 1. The van der Waals surface area contributed by atoms with Crippen LogP contribution in [0.1, 0.15) is 18.6 Å². The van der Waals surface area contributed by atoms with Crippen LogP contribution in [-0.4, -0.2) is 37.4 Å². The fraction of sp³-hybridized carbons (Fsp3) is 0.400. The normalized spacial score (nSPS) is 11.8. The molecule has 0 saturated heterocycles. The predicted molar refractivity (Wildman–Crippen MR) is 83.4 cm³/mol. The van der Waals surface area contributed by atoms with E-state index in [2.05, 4.69) is 17.2 Å². The Labute approximate surface area is 134 Å². The van der Waals surface area contributed by atoms with Crippen molar-refractivity contribution in [3.05, 3.63) is 46.8 Å². The minimum absolute atomic E-state index is 0.0172. The van der Waals surface area contributed by atoms with E-state index in [1.807, 2.05) is 6.92 Å². The molecule has 0 heterocycles. The van der Waals surface area contributed by atoms with Gasteiger partial charge in [0, 0.05) is 13.1 Å². The van der Waals surface area contributed by atoms with Gasteiger partial charge in [0.1, 0.15) is 5.82 Å². The Hall–Kier alpha value is -1.63. The smallest absolute Gasteiger partial charge is 0.314 e. The van der Waals surface area contributed by atoms with Crippen LogP contribution in [0, 0.1) is 5.82 Å². The first-order valence-electron chi connectivity index (χ1n) is 6.77. The van der Waals surface area contributed by atoms with Crippen molar-refractivity contribution in [3.8, 4) is 0 Å². The van der Waals surface area contributed by atoms with Crippen LogP contribution >= 0.6 is 11.6 Å². The standard InChI is InChI=1S/C15H20ClFN2O3/c1-10(2)9-22-6-5-18-15(21)19-8-14(20)11-3-4-12(16)13(17)7-11/h3-4,7,14,20H,1,5-6,8-9H2,2H3,(H2,18,19,21). The number of ether oxygens (including phenoxy) is 1. The van der Waals surface area contributed by atoms with Crippen molar-refractivity contribution in [2.24, 2.45) is 0 Å². The molecule has 5 nitrogen and oxygen atoms in total. The molecule has 0 fully saturated rings. The summed E-state index contributed by atoms with van der Waals surface area (Å²) in [4.78, 5) is 11.5. The molecule has 0 aromatic heterocycles. The fourth-order valence-corrected chi connectivity index (χ4v) is 1.69. The van der Waals surface area contributed by atoms with Gasteiger partial charge >= 0.3 is 6.03 Å². The number of hydrogen-bond donors (Lipinski definition) is 3. The molecule has 0 aliphatic heterocycles. The van der Waals surface area contributed by atoms with Crippen molar-refractivity contribution < 1.29 is 19.0 Å². The van der Waals surface area contributed by atoms with Crippen LogP contribution in [0.15, 0.2) is 30.4 Å².